The molecule has 0 bridgehead atoms. The Labute approximate surface area is 87.8 Å². The summed E-state index contributed by atoms with van der Waals surface area (Å²) in [6.07, 6.45) is -1.62. The molecule has 0 saturated carbocycles. The minimum Gasteiger partial charge on any atom is -0.394 e. The highest BCUT2D eigenvalue weighted by Crippen LogP contribution is 2.21. The van der Waals surface area contributed by atoms with Crippen molar-refractivity contribution in [2.45, 2.75) is 19.1 Å². The maximum atomic E-state index is 10.5. The molecule has 82 valence electrons. The SMILES string of the molecule is Cc1cc(C=O)ccc1C(O)C(O)CO. The number of carbonyl (C=O) groups excluding carboxylic acids is 1. The summed E-state index contributed by atoms with van der Waals surface area (Å²) in [5.74, 6) is 0. The molecule has 1 aromatic carbocycles. The Bertz CT molecular complexity index is 348. The van der Waals surface area contributed by atoms with E-state index in [1.54, 1.807) is 25.1 Å². The standard InChI is InChI=1S/C11H14O4/c1-7-4-8(5-12)2-3-9(7)11(15)10(14)6-13/h2-5,10-11,13-15H,6H2,1H3. The second-order valence-corrected chi connectivity index (χ2v) is 3.43. The molecule has 0 aromatic heterocycles. The predicted octanol–water partition coefficient (Wildman–Crippen LogP) is 0.194. The third-order valence-corrected chi connectivity index (χ3v) is 2.30. The van der Waals surface area contributed by atoms with Crippen LogP contribution >= 0.6 is 0 Å². The lowest BCUT2D eigenvalue weighted by Gasteiger charge is -2.18. The number of aliphatic hydroxyl groups excluding tert-OH is 3. The summed E-state index contributed by atoms with van der Waals surface area (Å²) in [5.41, 5.74) is 1.74. The fraction of sp³-hybridized carbons (Fsp3) is 0.364. The van der Waals surface area contributed by atoms with Gasteiger partial charge in [-0.2, -0.15) is 0 Å². The molecular weight excluding hydrogens is 196 g/mol. The Morgan fingerprint density at radius 2 is 2.07 bits per heavy atom. The molecule has 4 heteroatoms. The van der Waals surface area contributed by atoms with Gasteiger partial charge in [-0.3, -0.25) is 4.79 Å². The monoisotopic (exact) mass is 210 g/mol. The van der Waals surface area contributed by atoms with Crippen molar-refractivity contribution in [2.24, 2.45) is 0 Å². The van der Waals surface area contributed by atoms with Gasteiger partial charge in [0.15, 0.2) is 0 Å². The molecule has 0 spiro atoms. The van der Waals surface area contributed by atoms with Gasteiger partial charge < -0.3 is 15.3 Å². The molecule has 0 aliphatic heterocycles. The van der Waals surface area contributed by atoms with Crippen molar-refractivity contribution in [3.05, 3.63) is 34.9 Å². The van der Waals surface area contributed by atoms with Crippen LogP contribution in [0.1, 0.15) is 27.6 Å². The van der Waals surface area contributed by atoms with Crippen molar-refractivity contribution in [3.8, 4) is 0 Å². The van der Waals surface area contributed by atoms with E-state index in [0.29, 0.717) is 23.0 Å². The van der Waals surface area contributed by atoms with Crippen LogP contribution in [0.3, 0.4) is 0 Å². The zero-order valence-electron chi connectivity index (χ0n) is 8.42. The van der Waals surface area contributed by atoms with Crippen LogP contribution in [0.2, 0.25) is 0 Å². The zero-order valence-corrected chi connectivity index (χ0v) is 8.42. The average molecular weight is 210 g/mol. The first-order valence-electron chi connectivity index (χ1n) is 4.63. The van der Waals surface area contributed by atoms with Crippen LogP contribution < -0.4 is 0 Å². The van der Waals surface area contributed by atoms with Gasteiger partial charge >= 0.3 is 0 Å². The third-order valence-electron chi connectivity index (χ3n) is 2.30. The fourth-order valence-corrected chi connectivity index (χ4v) is 1.41. The number of aldehydes is 1. The van der Waals surface area contributed by atoms with Crippen LogP contribution in [-0.2, 0) is 0 Å². The van der Waals surface area contributed by atoms with Crippen molar-refractivity contribution in [3.63, 3.8) is 0 Å². The highest BCUT2D eigenvalue weighted by molar-refractivity contribution is 5.75. The quantitative estimate of drug-likeness (QED) is 0.620. The number of benzene rings is 1. The summed E-state index contributed by atoms with van der Waals surface area (Å²) in [7, 11) is 0. The van der Waals surface area contributed by atoms with Crippen molar-refractivity contribution in [2.75, 3.05) is 6.61 Å². The van der Waals surface area contributed by atoms with E-state index in [9.17, 15) is 15.0 Å². The smallest absolute Gasteiger partial charge is 0.150 e. The summed E-state index contributed by atoms with van der Waals surface area (Å²) in [5, 5.41) is 27.6. The highest BCUT2D eigenvalue weighted by atomic mass is 16.4. The largest absolute Gasteiger partial charge is 0.394 e. The Balaban J connectivity index is 2.99. The summed E-state index contributed by atoms with van der Waals surface area (Å²) in [6.45, 7) is 1.23. The number of rotatable bonds is 4. The number of hydrogen-bond donors (Lipinski definition) is 3. The van der Waals surface area contributed by atoms with E-state index < -0.39 is 18.8 Å². The summed E-state index contributed by atoms with van der Waals surface area (Å²) < 4.78 is 0. The van der Waals surface area contributed by atoms with Gasteiger partial charge in [0.05, 0.1) is 6.61 Å². The fourth-order valence-electron chi connectivity index (χ4n) is 1.41. The maximum Gasteiger partial charge on any atom is 0.150 e. The van der Waals surface area contributed by atoms with Gasteiger partial charge in [0, 0.05) is 5.56 Å². The molecule has 3 N–H and O–H groups in total. The maximum absolute atomic E-state index is 10.5. The number of hydrogen-bond acceptors (Lipinski definition) is 4. The van der Waals surface area contributed by atoms with Gasteiger partial charge in [0.25, 0.3) is 0 Å². The molecule has 0 amide bonds. The minimum absolute atomic E-state index is 0.504. The Hall–Kier alpha value is -1.23. The molecule has 0 heterocycles. The molecule has 15 heavy (non-hydrogen) atoms. The van der Waals surface area contributed by atoms with E-state index in [0.717, 1.165) is 0 Å². The van der Waals surface area contributed by atoms with Crippen molar-refractivity contribution < 1.29 is 20.1 Å². The van der Waals surface area contributed by atoms with Crippen LogP contribution in [0.25, 0.3) is 0 Å². The predicted molar refractivity (Wildman–Crippen MR) is 54.6 cm³/mol. The van der Waals surface area contributed by atoms with E-state index in [2.05, 4.69) is 0 Å². The lowest BCUT2D eigenvalue weighted by molar-refractivity contribution is -0.0155. The molecule has 0 aliphatic carbocycles. The van der Waals surface area contributed by atoms with E-state index in [4.69, 9.17) is 5.11 Å². The molecule has 2 unspecified atom stereocenters. The van der Waals surface area contributed by atoms with Gasteiger partial charge in [-0.15, -0.1) is 0 Å². The lowest BCUT2D eigenvalue weighted by atomic mass is 9.98. The molecule has 2 atom stereocenters. The van der Waals surface area contributed by atoms with Crippen molar-refractivity contribution >= 4 is 6.29 Å². The topological polar surface area (TPSA) is 77.8 Å². The molecular formula is C11H14O4. The molecule has 0 radical (unpaired) electrons. The van der Waals surface area contributed by atoms with Crippen LogP contribution in [0.5, 0.6) is 0 Å². The summed E-state index contributed by atoms with van der Waals surface area (Å²) in [6, 6.07) is 4.75. The highest BCUT2D eigenvalue weighted by Gasteiger charge is 2.18. The molecule has 0 fully saturated rings. The second-order valence-electron chi connectivity index (χ2n) is 3.43. The number of carbonyl (C=O) groups is 1. The van der Waals surface area contributed by atoms with Crippen molar-refractivity contribution in [1.29, 1.82) is 0 Å². The zero-order chi connectivity index (χ0) is 11.4. The van der Waals surface area contributed by atoms with E-state index in [1.807, 2.05) is 0 Å². The first-order valence-corrected chi connectivity index (χ1v) is 4.63. The molecule has 1 aromatic rings. The first-order chi connectivity index (χ1) is 7.10. The van der Waals surface area contributed by atoms with E-state index >= 15 is 0 Å². The normalized spacial score (nSPS) is 14.7. The summed E-state index contributed by atoms with van der Waals surface area (Å²) in [4.78, 5) is 10.5. The molecule has 1 rings (SSSR count). The third kappa shape index (κ3) is 2.62. The number of aliphatic hydroxyl groups is 3. The summed E-state index contributed by atoms with van der Waals surface area (Å²) >= 11 is 0. The van der Waals surface area contributed by atoms with E-state index in [1.165, 1.54) is 0 Å². The first kappa shape index (κ1) is 11.8. The lowest BCUT2D eigenvalue weighted by Crippen LogP contribution is -2.22. The second kappa shape index (κ2) is 5.02. The van der Waals surface area contributed by atoms with Crippen LogP contribution in [-0.4, -0.2) is 34.3 Å². The van der Waals surface area contributed by atoms with Crippen LogP contribution in [0.4, 0.5) is 0 Å². The minimum atomic E-state index is -1.20. The van der Waals surface area contributed by atoms with Crippen LogP contribution in [0, 0.1) is 6.92 Å². The van der Waals surface area contributed by atoms with Gasteiger partial charge in [-0.25, -0.2) is 0 Å². The molecule has 0 saturated heterocycles. The van der Waals surface area contributed by atoms with Crippen LogP contribution in [0.15, 0.2) is 18.2 Å². The van der Waals surface area contributed by atoms with Gasteiger partial charge in [-0.05, 0) is 24.1 Å². The van der Waals surface area contributed by atoms with E-state index in [-0.39, 0.29) is 0 Å². The van der Waals surface area contributed by atoms with Crippen molar-refractivity contribution in [1.82, 2.24) is 0 Å². The Morgan fingerprint density at radius 3 is 2.53 bits per heavy atom. The average Bonchev–Trinajstić information content (AvgIpc) is 2.26. The molecule has 0 aliphatic rings. The Kier molecular flexibility index (Phi) is 3.96. The van der Waals surface area contributed by atoms with Gasteiger partial charge in [0.1, 0.15) is 18.5 Å². The number of aryl methyl sites for hydroxylation is 1. The molecule has 4 nitrogen and oxygen atoms in total. The Morgan fingerprint density at radius 1 is 1.40 bits per heavy atom. The van der Waals surface area contributed by atoms with Gasteiger partial charge in [0.2, 0.25) is 0 Å². The van der Waals surface area contributed by atoms with Gasteiger partial charge in [-0.1, -0.05) is 12.1 Å².